The van der Waals surface area contributed by atoms with Gasteiger partial charge in [0.1, 0.15) is 0 Å². The lowest BCUT2D eigenvalue weighted by atomic mass is 9.88. The van der Waals surface area contributed by atoms with E-state index in [0.29, 0.717) is 26.7 Å². The Morgan fingerprint density at radius 1 is 0.842 bits per heavy atom. The van der Waals surface area contributed by atoms with Crippen LogP contribution in [0.1, 0.15) is 32.6 Å². The van der Waals surface area contributed by atoms with Crippen molar-refractivity contribution in [3.63, 3.8) is 0 Å². The van der Waals surface area contributed by atoms with Gasteiger partial charge in [0.2, 0.25) is 5.91 Å². The maximum absolute atomic E-state index is 13.0. The molecule has 0 aliphatic carbocycles. The number of amides is 1. The molecule has 0 spiro atoms. The number of rotatable bonds is 5. The molecule has 0 unspecified atom stereocenters. The minimum Gasteiger partial charge on any atom is -0.366 e. The van der Waals surface area contributed by atoms with Crippen LogP contribution in [0.25, 0.3) is 22.3 Å². The molecule has 3 nitrogen and oxygen atoms in total. The summed E-state index contributed by atoms with van der Waals surface area (Å²) in [7, 11) is 0. The first-order valence-electron chi connectivity index (χ1n) is 12.0. The van der Waals surface area contributed by atoms with Gasteiger partial charge in [-0.15, -0.1) is 0 Å². The van der Waals surface area contributed by atoms with Crippen LogP contribution in [0.3, 0.4) is 0 Å². The Morgan fingerprint density at radius 2 is 1.53 bits per heavy atom. The minimum atomic E-state index is -4.44. The lowest BCUT2D eigenvalue weighted by Gasteiger charge is -2.29. The second-order valence-corrected chi connectivity index (χ2v) is 10.2. The minimum absolute atomic E-state index is 0.282. The van der Waals surface area contributed by atoms with Crippen molar-refractivity contribution in [3.05, 3.63) is 117 Å². The van der Waals surface area contributed by atoms with Gasteiger partial charge >= 0.3 is 6.18 Å². The van der Waals surface area contributed by atoms with Gasteiger partial charge in [-0.25, -0.2) is 0 Å². The Balaban J connectivity index is 1.43. The van der Waals surface area contributed by atoms with Crippen LogP contribution in [-0.4, -0.2) is 17.4 Å². The molecule has 0 saturated carbocycles. The number of primary amides is 1. The zero-order valence-electron chi connectivity index (χ0n) is 20.2. The molecule has 38 heavy (non-hydrogen) atoms. The highest BCUT2D eigenvalue weighted by molar-refractivity contribution is 6.42. The fraction of sp³-hybridized carbons (Fsp3) is 0.167. The monoisotopic (exact) mass is 554 g/mol. The first-order chi connectivity index (χ1) is 18.1. The van der Waals surface area contributed by atoms with Gasteiger partial charge in [0.15, 0.2) is 0 Å². The summed E-state index contributed by atoms with van der Waals surface area (Å²) in [6, 6.07) is 21.8. The van der Waals surface area contributed by atoms with Crippen LogP contribution in [0, 0.1) is 0 Å². The average molecular weight is 555 g/mol. The highest BCUT2D eigenvalue weighted by atomic mass is 35.5. The average Bonchev–Trinajstić information content (AvgIpc) is 2.89. The molecular formula is C30H23Cl2F3N2O. The molecule has 2 N–H and O–H groups in total. The van der Waals surface area contributed by atoms with Crippen LogP contribution in [0.2, 0.25) is 10.0 Å². The molecule has 8 heteroatoms. The number of nitrogens with two attached hydrogens (primary N) is 1. The van der Waals surface area contributed by atoms with Gasteiger partial charge in [-0.1, -0.05) is 77.8 Å². The van der Waals surface area contributed by atoms with Gasteiger partial charge in [0.25, 0.3) is 0 Å². The summed E-state index contributed by atoms with van der Waals surface area (Å²) in [5.41, 5.74) is 11.3. The van der Waals surface area contributed by atoms with E-state index in [1.807, 2.05) is 24.3 Å². The van der Waals surface area contributed by atoms with Gasteiger partial charge in [0, 0.05) is 19.6 Å². The lowest BCUT2D eigenvalue weighted by Crippen LogP contribution is -2.30. The number of halogens is 5. The molecule has 0 saturated heterocycles. The maximum atomic E-state index is 13.0. The first-order valence-corrected chi connectivity index (χ1v) is 12.7. The summed E-state index contributed by atoms with van der Waals surface area (Å²) < 4.78 is 39.1. The third-order valence-electron chi connectivity index (χ3n) is 6.83. The Labute approximate surface area is 228 Å². The van der Waals surface area contributed by atoms with E-state index in [-0.39, 0.29) is 5.56 Å². The van der Waals surface area contributed by atoms with Crippen molar-refractivity contribution in [3.8, 4) is 22.3 Å². The molecule has 0 radical (unpaired) electrons. The fourth-order valence-electron chi connectivity index (χ4n) is 4.95. The quantitative estimate of drug-likeness (QED) is 0.271. The van der Waals surface area contributed by atoms with Gasteiger partial charge in [0.05, 0.1) is 21.2 Å². The standard InChI is InChI=1S/C30H23Cl2F3N2O/c31-26-11-4-18(14-27(26)32)16-37-13-12-20-15-21(5-6-22(20)17-37)25-3-1-2-24(28(25)29(36)38)19-7-9-23(10-8-19)30(33,34)35/h1-11,14-15H,12-13,16-17H2,(H2,36,38). The Kier molecular flexibility index (Phi) is 7.23. The largest absolute Gasteiger partial charge is 0.416 e. The number of hydrogen-bond acceptors (Lipinski definition) is 2. The molecule has 1 amide bonds. The number of fused-ring (bicyclic) bond motifs is 1. The predicted molar refractivity (Wildman–Crippen MR) is 145 cm³/mol. The molecule has 1 aliphatic rings. The molecule has 0 atom stereocenters. The van der Waals surface area contributed by atoms with Gasteiger partial charge in [-0.05, 0) is 69.6 Å². The molecule has 1 heterocycles. The smallest absolute Gasteiger partial charge is 0.366 e. The summed E-state index contributed by atoms with van der Waals surface area (Å²) in [6.45, 7) is 2.37. The SMILES string of the molecule is NC(=O)c1c(-c2ccc(C(F)(F)F)cc2)cccc1-c1ccc2c(c1)CCN(Cc1ccc(Cl)c(Cl)c1)C2. The van der Waals surface area contributed by atoms with Crippen molar-refractivity contribution < 1.29 is 18.0 Å². The van der Waals surface area contributed by atoms with E-state index in [0.717, 1.165) is 49.3 Å². The third kappa shape index (κ3) is 5.44. The zero-order chi connectivity index (χ0) is 27.0. The van der Waals surface area contributed by atoms with Crippen LogP contribution < -0.4 is 5.73 Å². The van der Waals surface area contributed by atoms with Crippen molar-refractivity contribution in [2.24, 2.45) is 5.73 Å². The van der Waals surface area contributed by atoms with Crippen LogP contribution in [-0.2, 0) is 25.7 Å². The third-order valence-corrected chi connectivity index (χ3v) is 7.57. The van der Waals surface area contributed by atoms with Crippen LogP contribution >= 0.6 is 23.2 Å². The molecule has 5 rings (SSSR count). The van der Waals surface area contributed by atoms with Gasteiger partial charge in [-0.2, -0.15) is 13.2 Å². The number of benzene rings is 4. The summed E-state index contributed by atoms with van der Waals surface area (Å²) in [5, 5.41) is 1.07. The van der Waals surface area contributed by atoms with E-state index in [4.69, 9.17) is 28.9 Å². The Morgan fingerprint density at radius 3 is 2.18 bits per heavy atom. The number of carbonyl (C=O) groups excluding carboxylic acids is 1. The summed E-state index contributed by atoms with van der Waals surface area (Å²) in [6.07, 6.45) is -3.61. The van der Waals surface area contributed by atoms with E-state index >= 15 is 0 Å². The lowest BCUT2D eigenvalue weighted by molar-refractivity contribution is -0.137. The molecule has 4 aromatic rings. The normalized spacial score (nSPS) is 13.8. The van der Waals surface area contributed by atoms with Crippen LogP contribution in [0.15, 0.2) is 78.9 Å². The maximum Gasteiger partial charge on any atom is 0.416 e. The van der Waals surface area contributed by atoms with E-state index < -0.39 is 17.6 Å². The van der Waals surface area contributed by atoms with E-state index in [1.165, 1.54) is 23.3 Å². The van der Waals surface area contributed by atoms with Crippen molar-refractivity contribution in [1.82, 2.24) is 4.90 Å². The van der Waals surface area contributed by atoms with E-state index in [9.17, 15) is 18.0 Å². The Bertz CT molecular complexity index is 1520. The van der Waals surface area contributed by atoms with Gasteiger partial charge in [-0.3, -0.25) is 9.69 Å². The van der Waals surface area contributed by atoms with Crippen molar-refractivity contribution >= 4 is 29.1 Å². The van der Waals surface area contributed by atoms with Crippen LogP contribution in [0.5, 0.6) is 0 Å². The van der Waals surface area contributed by atoms with Crippen molar-refractivity contribution in [2.45, 2.75) is 25.7 Å². The second kappa shape index (κ2) is 10.4. The highest BCUT2D eigenvalue weighted by Crippen LogP contribution is 2.36. The summed E-state index contributed by atoms with van der Waals surface area (Å²) >= 11 is 12.2. The number of alkyl halides is 3. The molecule has 194 valence electrons. The number of nitrogens with zero attached hydrogens (tertiary/aromatic N) is 1. The highest BCUT2D eigenvalue weighted by Gasteiger charge is 2.30. The van der Waals surface area contributed by atoms with Crippen LogP contribution in [0.4, 0.5) is 13.2 Å². The zero-order valence-corrected chi connectivity index (χ0v) is 21.7. The number of hydrogen-bond donors (Lipinski definition) is 1. The summed E-state index contributed by atoms with van der Waals surface area (Å²) in [4.78, 5) is 14.9. The fourth-order valence-corrected chi connectivity index (χ4v) is 5.27. The van der Waals surface area contributed by atoms with E-state index in [2.05, 4.69) is 17.0 Å². The number of carbonyl (C=O) groups is 1. The van der Waals surface area contributed by atoms with Gasteiger partial charge < -0.3 is 5.73 Å². The van der Waals surface area contributed by atoms with Crippen molar-refractivity contribution in [1.29, 1.82) is 0 Å². The second-order valence-electron chi connectivity index (χ2n) is 9.36. The Hall–Kier alpha value is -3.32. The molecular weight excluding hydrogens is 532 g/mol. The summed E-state index contributed by atoms with van der Waals surface area (Å²) in [5.74, 6) is -0.638. The molecule has 0 bridgehead atoms. The molecule has 4 aromatic carbocycles. The predicted octanol–water partition coefficient (Wildman–Crippen LogP) is 8.00. The first kappa shape index (κ1) is 26.3. The van der Waals surface area contributed by atoms with Crippen molar-refractivity contribution in [2.75, 3.05) is 6.54 Å². The topological polar surface area (TPSA) is 46.3 Å². The molecule has 0 fully saturated rings. The molecule has 0 aromatic heterocycles. The van der Waals surface area contributed by atoms with E-state index in [1.54, 1.807) is 18.2 Å². The molecule has 1 aliphatic heterocycles.